The van der Waals surface area contributed by atoms with E-state index >= 15 is 0 Å². The van der Waals surface area contributed by atoms with Crippen LogP contribution >= 0.6 is 0 Å². The van der Waals surface area contributed by atoms with Gasteiger partial charge in [0.05, 0.1) is 5.60 Å². The van der Waals surface area contributed by atoms with Crippen molar-refractivity contribution in [2.24, 2.45) is 0 Å². The Morgan fingerprint density at radius 2 is 1.87 bits per heavy atom. The number of rotatable bonds is 9. The molecule has 1 atom stereocenters. The fourth-order valence-electron chi connectivity index (χ4n) is 1.71. The minimum absolute atomic E-state index is 0.0277. The van der Waals surface area contributed by atoms with Gasteiger partial charge >= 0.3 is 0 Å². The quantitative estimate of drug-likeness (QED) is 0.637. The molecular weight excluding hydrogens is 186 g/mol. The first-order valence-corrected chi connectivity index (χ1v) is 6.34. The van der Waals surface area contributed by atoms with Gasteiger partial charge < -0.3 is 10.1 Å². The fourth-order valence-corrected chi connectivity index (χ4v) is 1.71. The molecule has 2 heteroatoms. The molecular formula is C13H29NO. The van der Waals surface area contributed by atoms with Crippen molar-refractivity contribution in [3.05, 3.63) is 0 Å². The molecule has 0 radical (unpaired) electrons. The van der Waals surface area contributed by atoms with Crippen LogP contribution in [0, 0.1) is 0 Å². The number of hydrogen-bond donors (Lipinski definition) is 1. The van der Waals surface area contributed by atoms with Gasteiger partial charge in [0.2, 0.25) is 0 Å². The number of hydrogen-bond acceptors (Lipinski definition) is 2. The minimum atomic E-state index is 0.0277. The maximum atomic E-state index is 5.44. The fraction of sp³-hybridized carbons (Fsp3) is 1.00. The summed E-state index contributed by atoms with van der Waals surface area (Å²) in [6.45, 7) is 9.83. The van der Waals surface area contributed by atoms with Crippen LogP contribution in [0.4, 0.5) is 0 Å². The summed E-state index contributed by atoms with van der Waals surface area (Å²) in [4.78, 5) is 0. The molecule has 1 unspecified atom stereocenters. The maximum absolute atomic E-state index is 5.44. The molecule has 0 saturated carbocycles. The van der Waals surface area contributed by atoms with E-state index < -0.39 is 0 Å². The highest BCUT2D eigenvalue weighted by Gasteiger charge is 2.18. The third-order valence-corrected chi connectivity index (χ3v) is 3.05. The number of unbranched alkanes of at least 4 members (excludes halogenated alkanes) is 1. The van der Waals surface area contributed by atoms with E-state index in [9.17, 15) is 0 Å². The second-order valence-corrected chi connectivity index (χ2v) is 4.90. The van der Waals surface area contributed by atoms with Gasteiger partial charge in [-0.3, -0.25) is 0 Å². The lowest BCUT2D eigenvalue weighted by Crippen LogP contribution is -2.32. The van der Waals surface area contributed by atoms with E-state index in [1.165, 1.54) is 25.7 Å². The van der Waals surface area contributed by atoms with Crippen molar-refractivity contribution in [1.29, 1.82) is 0 Å². The van der Waals surface area contributed by atoms with Gasteiger partial charge in [-0.2, -0.15) is 0 Å². The second-order valence-electron chi connectivity index (χ2n) is 4.90. The van der Waals surface area contributed by atoms with E-state index in [-0.39, 0.29) is 5.60 Å². The highest BCUT2D eigenvalue weighted by molar-refractivity contribution is 4.74. The Balaban J connectivity index is 3.83. The first-order valence-electron chi connectivity index (χ1n) is 6.34. The summed E-state index contributed by atoms with van der Waals surface area (Å²) in [7, 11) is 1.80. The van der Waals surface area contributed by atoms with Crippen LogP contribution in [0.2, 0.25) is 0 Å². The van der Waals surface area contributed by atoms with Crippen LogP contribution in [-0.4, -0.2) is 25.3 Å². The summed E-state index contributed by atoms with van der Waals surface area (Å²) in [6.07, 6.45) is 6.25. The summed E-state index contributed by atoms with van der Waals surface area (Å²) in [5.41, 5.74) is 0.0277. The van der Waals surface area contributed by atoms with Crippen molar-refractivity contribution in [2.45, 2.75) is 71.4 Å². The topological polar surface area (TPSA) is 21.3 Å². The summed E-state index contributed by atoms with van der Waals surface area (Å²) >= 11 is 0. The van der Waals surface area contributed by atoms with Crippen LogP contribution in [-0.2, 0) is 4.74 Å². The molecule has 92 valence electrons. The zero-order chi connectivity index (χ0) is 11.7. The monoisotopic (exact) mass is 215 g/mol. The molecule has 2 nitrogen and oxygen atoms in total. The van der Waals surface area contributed by atoms with Gasteiger partial charge in [-0.15, -0.1) is 0 Å². The van der Waals surface area contributed by atoms with E-state index in [1.54, 1.807) is 7.11 Å². The molecule has 0 saturated heterocycles. The number of methoxy groups -OCH3 is 1. The molecule has 0 aliphatic heterocycles. The van der Waals surface area contributed by atoms with Gasteiger partial charge in [-0.05, 0) is 39.7 Å². The number of nitrogens with one attached hydrogen (secondary N) is 1. The van der Waals surface area contributed by atoms with Crippen LogP contribution < -0.4 is 5.32 Å². The lowest BCUT2D eigenvalue weighted by molar-refractivity contribution is 0.0115. The highest BCUT2D eigenvalue weighted by atomic mass is 16.5. The highest BCUT2D eigenvalue weighted by Crippen LogP contribution is 2.18. The summed E-state index contributed by atoms with van der Waals surface area (Å²) in [5, 5.41) is 3.56. The van der Waals surface area contributed by atoms with Crippen LogP contribution in [0.1, 0.15) is 59.8 Å². The first-order chi connectivity index (χ1) is 7.05. The summed E-state index contributed by atoms with van der Waals surface area (Å²) in [6, 6.07) is 0.671. The van der Waals surface area contributed by atoms with Gasteiger partial charge in [-0.1, -0.05) is 26.7 Å². The van der Waals surface area contributed by atoms with Crippen molar-refractivity contribution < 1.29 is 4.74 Å². The molecule has 1 N–H and O–H groups in total. The van der Waals surface area contributed by atoms with Crippen molar-refractivity contribution in [2.75, 3.05) is 13.7 Å². The molecule has 0 aromatic rings. The zero-order valence-electron chi connectivity index (χ0n) is 11.2. The lowest BCUT2D eigenvalue weighted by Gasteiger charge is -2.26. The molecule has 0 aliphatic rings. The summed E-state index contributed by atoms with van der Waals surface area (Å²) in [5.74, 6) is 0. The van der Waals surface area contributed by atoms with Crippen molar-refractivity contribution >= 4 is 0 Å². The van der Waals surface area contributed by atoms with Gasteiger partial charge in [0.15, 0.2) is 0 Å². The van der Waals surface area contributed by atoms with E-state index in [2.05, 4.69) is 33.0 Å². The third-order valence-electron chi connectivity index (χ3n) is 3.05. The molecule has 0 bridgehead atoms. The Morgan fingerprint density at radius 3 is 2.33 bits per heavy atom. The van der Waals surface area contributed by atoms with Gasteiger partial charge in [0, 0.05) is 13.2 Å². The van der Waals surface area contributed by atoms with Gasteiger partial charge in [0.1, 0.15) is 0 Å². The number of ether oxygens (including phenoxy) is 1. The van der Waals surface area contributed by atoms with Crippen molar-refractivity contribution in [1.82, 2.24) is 5.32 Å². The lowest BCUT2D eigenvalue weighted by atomic mass is 9.96. The second kappa shape index (κ2) is 8.12. The van der Waals surface area contributed by atoms with Crippen molar-refractivity contribution in [3.8, 4) is 0 Å². The van der Waals surface area contributed by atoms with Crippen LogP contribution in [0.3, 0.4) is 0 Å². The largest absolute Gasteiger partial charge is 0.379 e. The van der Waals surface area contributed by atoms with Gasteiger partial charge in [-0.25, -0.2) is 0 Å². The zero-order valence-corrected chi connectivity index (χ0v) is 11.2. The van der Waals surface area contributed by atoms with Crippen molar-refractivity contribution in [3.63, 3.8) is 0 Å². The van der Waals surface area contributed by atoms with Crippen LogP contribution in [0.15, 0.2) is 0 Å². The van der Waals surface area contributed by atoms with E-state index in [0.29, 0.717) is 6.04 Å². The maximum Gasteiger partial charge on any atom is 0.0623 e. The predicted molar refractivity (Wildman–Crippen MR) is 67.3 cm³/mol. The molecule has 0 aromatic carbocycles. The smallest absolute Gasteiger partial charge is 0.0623 e. The molecule has 15 heavy (non-hydrogen) atoms. The molecule has 0 amide bonds. The van der Waals surface area contributed by atoms with Crippen LogP contribution in [0.5, 0.6) is 0 Å². The standard InChI is InChI=1S/C13H29NO/c1-6-8-9-12(14-7-2)10-11-13(3,4)15-5/h12,14H,6-11H2,1-5H3. The van der Waals surface area contributed by atoms with Gasteiger partial charge in [0.25, 0.3) is 0 Å². The Kier molecular flexibility index (Phi) is 8.07. The Labute approximate surface area is 95.8 Å². The third kappa shape index (κ3) is 7.80. The van der Waals surface area contributed by atoms with E-state index in [4.69, 9.17) is 4.74 Å². The molecule has 0 fully saturated rings. The van der Waals surface area contributed by atoms with E-state index in [0.717, 1.165) is 13.0 Å². The molecule has 0 spiro atoms. The summed E-state index contributed by atoms with van der Waals surface area (Å²) < 4.78 is 5.44. The molecule has 0 heterocycles. The first kappa shape index (κ1) is 14.9. The predicted octanol–water partition coefficient (Wildman–Crippen LogP) is 3.36. The Morgan fingerprint density at radius 1 is 1.20 bits per heavy atom. The normalized spacial score (nSPS) is 14.2. The average Bonchev–Trinajstić information content (AvgIpc) is 2.22. The Hall–Kier alpha value is -0.0800. The minimum Gasteiger partial charge on any atom is -0.379 e. The molecule has 0 rings (SSSR count). The van der Waals surface area contributed by atoms with Crippen LogP contribution in [0.25, 0.3) is 0 Å². The average molecular weight is 215 g/mol. The molecule has 0 aromatic heterocycles. The molecule has 0 aliphatic carbocycles. The van der Waals surface area contributed by atoms with E-state index in [1.807, 2.05) is 0 Å². The Bertz CT molecular complexity index is 145. The SMILES string of the molecule is CCCCC(CCC(C)(C)OC)NCC.